The number of benzene rings is 1. The first-order chi connectivity index (χ1) is 9.81. The summed E-state index contributed by atoms with van der Waals surface area (Å²) in [5, 5.41) is 3.39. The van der Waals surface area contributed by atoms with Gasteiger partial charge in [0.2, 0.25) is 0 Å². The Labute approximate surface area is 121 Å². The molecule has 0 bridgehead atoms. The molecule has 1 aromatic rings. The summed E-state index contributed by atoms with van der Waals surface area (Å²) in [7, 11) is 0. The molecule has 1 fully saturated rings. The summed E-state index contributed by atoms with van der Waals surface area (Å²) in [6.45, 7) is 4.37. The monoisotopic (exact) mass is 279 g/mol. The van der Waals surface area contributed by atoms with Gasteiger partial charge in [-0.1, -0.05) is 38.0 Å². The molecule has 0 saturated heterocycles. The van der Waals surface area contributed by atoms with E-state index in [1.54, 1.807) is 6.07 Å². The molecule has 0 amide bonds. The van der Waals surface area contributed by atoms with Crippen LogP contribution in [-0.2, 0) is 4.74 Å². The Morgan fingerprint density at radius 2 is 2.05 bits per heavy atom. The van der Waals surface area contributed by atoms with Crippen LogP contribution in [0.3, 0.4) is 0 Å². The lowest BCUT2D eigenvalue weighted by Crippen LogP contribution is -2.28. The van der Waals surface area contributed by atoms with E-state index in [-0.39, 0.29) is 11.9 Å². The van der Waals surface area contributed by atoms with Gasteiger partial charge in [0.1, 0.15) is 5.82 Å². The van der Waals surface area contributed by atoms with Crippen LogP contribution < -0.4 is 5.32 Å². The van der Waals surface area contributed by atoms with Crippen molar-refractivity contribution in [1.82, 2.24) is 5.32 Å². The minimum Gasteiger partial charge on any atom is -0.379 e. The minimum absolute atomic E-state index is 0.0439. The molecule has 2 nitrogen and oxygen atoms in total. The van der Waals surface area contributed by atoms with Gasteiger partial charge in [0.25, 0.3) is 0 Å². The molecule has 0 heterocycles. The van der Waals surface area contributed by atoms with Gasteiger partial charge >= 0.3 is 0 Å². The maximum atomic E-state index is 13.9. The van der Waals surface area contributed by atoms with Crippen molar-refractivity contribution in [2.24, 2.45) is 5.92 Å². The molecule has 1 aliphatic carbocycles. The van der Waals surface area contributed by atoms with E-state index in [1.165, 1.54) is 31.7 Å². The van der Waals surface area contributed by atoms with Gasteiger partial charge in [0.05, 0.1) is 12.6 Å². The SMILES string of the molecule is CCCNC(COCC1CCCC1)c1ccccc1F. The first-order valence-corrected chi connectivity index (χ1v) is 7.86. The van der Waals surface area contributed by atoms with Crippen molar-refractivity contribution >= 4 is 0 Å². The summed E-state index contributed by atoms with van der Waals surface area (Å²) in [6, 6.07) is 6.94. The first kappa shape index (κ1) is 15.5. The molecule has 1 saturated carbocycles. The topological polar surface area (TPSA) is 21.3 Å². The van der Waals surface area contributed by atoms with E-state index >= 15 is 0 Å². The Morgan fingerprint density at radius 3 is 2.75 bits per heavy atom. The quantitative estimate of drug-likeness (QED) is 0.774. The fraction of sp³-hybridized carbons (Fsp3) is 0.647. The van der Waals surface area contributed by atoms with Crippen LogP contribution in [0.25, 0.3) is 0 Å². The van der Waals surface area contributed by atoms with Crippen LogP contribution in [0, 0.1) is 11.7 Å². The molecule has 20 heavy (non-hydrogen) atoms. The number of ether oxygens (including phenoxy) is 1. The van der Waals surface area contributed by atoms with Crippen molar-refractivity contribution < 1.29 is 9.13 Å². The van der Waals surface area contributed by atoms with Gasteiger partial charge in [-0.25, -0.2) is 4.39 Å². The summed E-state index contributed by atoms with van der Waals surface area (Å²) in [4.78, 5) is 0. The predicted octanol–water partition coefficient (Wildman–Crippen LogP) is 4.07. The van der Waals surface area contributed by atoms with Crippen LogP contribution in [0.2, 0.25) is 0 Å². The van der Waals surface area contributed by atoms with Gasteiger partial charge in [0, 0.05) is 12.2 Å². The number of hydrogen-bond donors (Lipinski definition) is 1. The van der Waals surface area contributed by atoms with Crippen LogP contribution >= 0.6 is 0 Å². The largest absolute Gasteiger partial charge is 0.379 e. The lowest BCUT2D eigenvalue weighted by atomic mass is 10.1. The van der Waals surface area contributed by atoms with Gasteiger partial charge in [-0.15, -0.1) is 0 Å². The Kier molecular flexibility index (Phi) is 6.48. The minimum atomic E-state index is -0.148. The standard InChI is InChI=1S/C17H26FNO/c1-2-11-19-17(15-9-5-6-10-16(15)18)13-20-12-14-7-3-4-8-14/h5-6,9-10,14,17,19H,2-4,7-8,11-13H2,1H3. The van der Waals surface area contributed by atoms with Crippen molar-refractivity contribution in [3.8, 4) is 0 Å². The van der Waals surface area contributed by atoms with Crippen LogP contribution in [0.1, 0.15) is 50.6 Å². The van der Waals surface area contributed by atoms with E-state index < -0.39 is 0 Å². The molecule has 2 rings (SSSR count). The van der Waals surface area contributed by atoms with Crippen LogP contribution in [0.15, 0.2) is 24.3 Å². The molecule has 1 atom stereocenters. The molecular formula is C17H26FNO. The second-order valence-corrected chi connectivity index (χ2v) is 5.72. The highest BCUT2D eigenvalue weighted by atomic mass is 19.1. The van der Waals surface area contributed by atoms with Crippen molar-refractivity contribution in [3.63, 3.8) is 0 Å². The van der Waals surface area contributed by atoms with E-state index in [1.807, 2.05) is 12.1 Å². The van der Waals surface area contributed by atoms with Crippen molar-refractivity contribution in [2.45, 2.75) is 45.1 Å². The van der Waals surface area contributed by atoms with E-state index in [0.717, 1.165) is 19.6 Å². The number of nitrogens with one attached hydrogen (secondary N) is 1. The molecule has 0 aliphatic heterocycles. The van der Waals surface area contributed by atoms with Crippen LogP contribution in [0.4, 0.5) is 4.39 Å². The molecule has 0 aromatic heterocycles. The smallest absolute Gasteiger partial charge is 0.128 e. The molecule has 1 N–H and O–H groups in total. The third kappa shape index (κ3) is 4.57. The van der Waals surface area contributed by atoms with E-state index in [0.29, 0.717) is 18.1 Å². The molecule has 0 radical (unpaired) electrons. The second kappa shape index (κ2) is 8.38. The molecule has 112 valence electrons. The molecule has 0 spiro atoms. The van der Waals surface area contributed by atoms with Crippen molar-refractivity contribution in [1.29, 1.82) is 0 Å². The number of rotatable bonds is 8. The zero-order chi connectivity index (χ0) is 14.2. The van der Waals surface area contributed by atoms with E-state index in [4.69, 9.17) is 4.74 Å². The van der Waals surface area contributed by atoms with Gasteiger partial charge in [-0.2, -0.15) is 0 Å². The molecule has 1 unspecified atom stereocenters. The maximum absolute atomic E-state index is 13.9. The Bertz CT molecular complexity index is 390. The summed E-state index contributed by atoms with van der Waals surface area (Å²) in [5.41, 5.74) is 0.715. The van der Waals surface area contributed by atoms with Gasteiger partial charge in [-0.3, -0.25) is 0 Å². The molecular weight excluding hydrogens is 253 g/mol. The molecule has 1 aliphatic rings. The highest BCUT2D eigenvalue weighted by Crippen LogP contribution is 2.25. The average Bonchev–Trinajstić information content (AvgIpc) is 2.97. The van der Waals surface area contributed by atoms with E-state index in [2.05, 4.69) is 12.2 Å². The molecule has 1 aromatic carbocycles. The van der Waals surface area contributed by atoms with E-state index in [9.17, 15) is 4.39 Å². The zero-order valence-electron chi connectivity index (χ0n) is 12.4. The van der Waals surface area contributed by atoms with Gasteiger partial charge < -0.3 is 10.1 Å². The maximum Gasteiger partial charge on any atom is 0.128 e. The predicted molar refractivity (Wildman–Crippen MR) is 80.2 cm³/mol. The number of halogens is 1. The summed E-state index contributed by atoms with van der Waals surface area (Å²) in [6.07, 6.45) is 6.27. The summed E-state index contributed by atoms with van der Waals surface area (Å²) in [5.74, 6) is 0.563. The lowest BCUT2D eigenvalue weighted by molar-refractivity contribution is 0.0820. The average molecular weight is 279 g/mol. The second-order valence-electron chi connectivity index (χ2n) is 5.72. The van der Waals surface area contributed by atoms with Gasteiger partial charge in [-0.05, 0) is 37.8 Å². The Balaban J connectivity index is 1.87. The first-order valence-electron chi connectivity index (χ1n) is 7.86. The Morgan fingerprint density at radius 1 is 1.30 bits per heavy atom. The number of hydrogen-bond acceptors (Lipinski definition) is 2. The fourth-order valence-corrected chi connectivity index (χ4v) is 2.86. The normalized spacial score (nSPS) is 17.5. The highest BCUT2D eigenvalue weighted by molar-refractivity contribution is 5.21. The summed E-state index contributed by atoms with van der Waals surface area (Å²) < 4.78 is 19.8. The van der Waals surface area contributed by atoms with Crippen LogP contribution in [0.5, 0.6) is 0 Å². The lowest BCUT2D eigenvalue weighted by Gasteiger charge is -2.20. The third-order valence-electron chi connectivity index (χ3n) is 4.03. The van der Waals surface area contributed by atoms with Gasteiger partial charge in [0.15, 0.2) is 0 Å². The third-order valence-corrected chi connectivity index (χ3v) is 4.03. The Hall–Kier alpha value is -0.930. The highest BCUT2D eigenvalue weighted by Gasteiger charge is 2.18. The zero-order valence-corrected chi connectivity index (χ0v) is 12.4. The summed E-state index contributed by atoms with van der Waals surface area (Å²) >= 11 is 0. The fourth-order valence-electron chi connectivity index (χ4n) is 2.86. The van der Waals surface area contributed by atoms with Crippen LogP contribution in [-0.4, -0.2) is 19.8 Å². The van der Waals surface area contributed by atoms with Crippen molar-refractivity contribution in [3.05, 3.63) is 35.6 Å². The molecule has 3 heteroatoms. The van der Waals surface area contributed by atoms with Crippen molar-refractivity contribution in [2.75, 3.05) is 19.8 Å².